The molecule has 0 aliphatic carbocycles. The molecule has 0 saturated heterocycles. The number of hydrogen-bond acceptors (Lipinski definition) is 2. The highest BCUT2D eigenvalue weighted by atomic mass is 16.3. The molecule has 1 N–H and O–H groups in total. The average Bonchev–Trinajstić information content (AvgIpc) is 2.22. The topological polar surface area (TPSA) is 23.5 Å². The van der Waals surface area contributed by atoms with Gasteiger partial charge in [-0.1, -0.05) is 24.6 Å². The largest absolute Gasteiger partial charge is 0.508 e. The Hall–Kier alpha value is -1.02. The number of rotatable bonds is 4. The fourth-order valence-corrected chi connectivity index (χ4v) is 2.27. The number of benzene rings is 1. The molecule has 90 valence electrons. The molecule has 0 aliphatic heterocycles. The number of hydrogen-bond donors (Lipinski definition) is 1. The van der Waals surface area contributed by atoms with Crippen molar-refractivity contribution >= 4 is 0 Å². The first-order valence-electron chi connectivity index (χ1n) is 6.02. The van der Waals surface area contributed by atoms with Crippen molar-refractivity contribution < 1.29 is 5.11 Å². The maximum atomic E-state index is 9.90. The van der Waals surface area contributed by atoms with Gasteiger partial charge in [-0.05, 0) is 40.3 Å². The fraction of sp³-hybridized carbons (Fsp3) is 0.571. The molecule has 0 amide bonds. The lowest BCUT2D eigenvalue weighted by Crippen LogP contribution is -2.33. The Morgan fingerprint density at radius 2 is 1.88 bits per heavy atom. The Balaban J connectivity index is 3.02. The second-order valence-electron chi connectivity index (χ2n) is 4.66. The van der Waals surface area contributed by atoms with Gasteiger partial charge in [0.2, 0.25) is 0 Å². The molecule has 0 fully saturated rings. The highest BCUT2D eigenvalue weighted by molar-refractivity contribution is 5.37. The molecule has 1 atom stereocenters. The number of phenols is 1. The first-order chi connectivity index (χ1) is 7.47. The smallest absolute Gasteiger partial charge is 0.120 e. The van der Waals surface area contributed by atoms with E-state index in [0.29, 0.717) is 11.8 Å². The van der Waals surface area contributed by atoms with Crippen molar-refractivity contribution in [2.45, 2.75) is 46.7 Å². The molecule has 1 aromatic rings. The molecular weight excluding hydrogens is 198 g/mol. The van der Waals surface area contributed by atoms with E-state index in [0.717, 1.165) is 12.1 Å². The zero-order chi connectivity index (χ0) is 12.3. The van der Waals surface area contributed by atoms with E-state index in [1.54, 1.807) is 6.07 Å². The van der Waals surface area contributed by atoms with Crippen molar-refractivity contribution in [3.63, 3.8) is 0 Å². The average molecular weight is 221 g/mol. The van der Waals surface area contributed by atoms with E-state index < -0.39 is 0 Å². The first kappa shape index (κ1) is 13.0. The third kappa shape index (κ3) is 2.76. The molecule has 1 rings (SSSR count). The molecule has 0 aliphatic rings. The highest BCUT2D eigenvalue weighted by Gasteiger charge is 2.19. The summed E-state index contributed by atoms with van der Waals surface area (Å²) in [6, 6.07) is 6.54. The Bertz CT molecular complexity index is 347. The van der Waals surface area contributed by atoms with E-state index in [2.05, 4.69) is 45.6 Å². The van der Waals surface area contributed by atoms with Crippen LogP contribution in [-0.4, -0.2) is 22.6 Å². The molecule has 0 heterocycles. The van der Waals surface area contributed by atoms with Gasteiger partial charge in [-0.3, -0.25) is 4.90 Å². The molecular formula is C14H23NO. The van der Waals surface area contributed by atoms with Gasteiger partial charge in [-0.25, -0.2) is 0 Å². The molecule has 1 unspecified atom stereocenters. The van der Waals surface area contributed by atoms with Crippen LogP contribution in [-0.2, 0) is 0 Å². The van der Waals surface area contributed by atoms with E-state index in [1.807, 2.05) is 6.07 Å². The maximum Gasteiger partial charge on any atom is 0.120 e. The summed E-state index contributed by atoms with van der Waals surface area (Å²) in [6.45, 7) is 11.7. The summed E-state index contributed by atoms with van der Waals surface area (Å²) in [4.78, 5) is 2.37. The van der Waals surface area contributed by atoms with Gasteiger partial charge >= 0.3 is 0 Å². The SMILES string of the molecule is CCN(C(C)C)C(C)c1cc(C)ccc1O. The minimum absolute atomic E-state index is 0.255. The third-order valence-electron chi connectivity index (χ3n) is 3.16. The lowest BCUT2D eigenvalue weighted by Gasteiger charge is -2.32. The van der Waals surface area contributed by atoms with Crippen LogP contribution in [0, 0.1) is 6.92 Å². The van der Waals surface area contributed by atoms with Gasteiger partial charge in [0.05, 0.1) is 0 Å². The van der Waals surface area contributed by atoms with Crippen molar-refractivity contribution in [2.24, 2.45) is 0 Å². The monoisotopic (exact) mass is 221 g/mol. The first-order valence-corrected chi connectivity index (χ1v) is 6.02. The van der Waals surface area contributed by atoms with E-state index in [9.17, 15) is 5.11 Å². The van der Waals surface area contributed by atoms with Crippen molar-refractivity contribution in [2.75, 3.05) is 6.54 Å². The van der Waals surface area contributed by atoms with Crippen LogP contribution in [0.3, 0.4) is 0 Å². The molecule has 0 saturated carbocycles. The predicted molar refractivity (Wildman–Crippen MR) is 68.8 cm³/mol. The van der Waals surface area contributed by atoms with Crippen molar-refractivity contribution in [1.29, 1.82) is 0 Å². The summed E-state index contributed by atoms with van der Waals surface area (Å²) in [5.74, 6) is 0.400. The zero-order valence-electron chi connectivity index (χ0n) is 11.0. The lowest BCUT2D eigenvalue weighted by molar-refractivity contribution is 0.172. The summed E-state index contributed by atoms with van der Waals surface area (Å²) < 4.78 is 0. The summed E-state index contributed by atoms with van der Waals surface area (Å²) in [5, 5.41) is 9.90. The van der Waals surface area contributed by atoms with E-state index in [4.69, 9.17) is 0 Å². The summed E-state index contributed by atoms with van der Waals surface area (Å²) in [7, 11) is 0. The lowest BCUT2D eigenvalue weighted by atomic mass is 10.0. The maximum absolute atomic E-state index is 9.90. The minimum atomic E-state index is 0.255. The van der Waals surface area contributed by atoms with Gasteiger partial charge in [0, 0.05) is 17.6 Å². The number of nitrogens with zero attached hydrogens (tertiary/aromatic N) is 1. The molecule has 0 radical (unpaired) electrons. The zero-order valence-corrected chi connectivity index (χ0v) is 11.0. The standard InChI is InChI=1S/C14H23NO/c1-6-15(10(2)3)12(5)13-9-11(4)7-8-14(13)16/h7-10,12,16H,6H2,1-5H3. The second kappa shape index (κ2) is 5.35. The van der Waals surface area contributed by atoms with Crippen molar-refractivity contribution in [3.8, 4) is 5.75 Å². The van der Waals surface area contributed by atoms with Gasteiger partial charge in [-0.15, -0.1) is 0 Å². The normalized spacial score (nSPS) is 13.4. The highest BCUT2D eigenvalue weighted by Crippen LogP contribution is 2.30. The van der Waals surface area contributed by atoms with Crippen LogP contribution in [0.15, 0.2) is 18.2 Å². The van der Waals surface area contributed by atoms with E-state index in [1.165, 1.54) is 5.56 Å². The van der Waals surface area contributed by atoms with Crippen LogP contribution in [0.25, 0.3) is 0 Å². The summed E-state index contributed by atoms with van der Waals surface area (Å²) in [6.07, 6.45) is 0. The van der Waals surface area contributed by atoms with Gasteiger partial charge in [0.25, 0.3) is 0 Å². The molecule has 2 heteroatoms. The number of phenolic OH excluding ortho intramolecular Hbond substituents is 1. The Kier molecular flexibility index (Phi) is 4.36. The number of aromatic hydroxyl groups is 1. The van der Waals surface area contributed by atoms with Gasteiger partial charge in [-0.2, -0.15) is 0 Å². The molecule has 0 bridgehead atoms. The molecule has 1 aromatic carbocycles. The van der Waals surface area contributed by atoms with Crippen LogP contribution >= 0.6 is 0 Å². The molecule has 2 nitrogen and oxygen atoms in total. The van der Waals surface area contributed by atoms with Gasteiger partial charge in [0.1, 0.15) is 5.75 Å². The molecule has 0 aromatic heterocycles. The van der Waals surface area contributed by atoms with Crippen LogP contribution in [0.1, 0.15) is 44.9 Å². The predicted octanol–water partition coefficient (Wildman–Crippen LogP) is 3.49. The minimum Gasteiger partial charge on any atom is -0.508 e. The Morgan fingerprint density at radius 1 is 1.25 bits per heavy atom. The van der Waals surface area contributed by atoms with Crippen LogP contribution in [0.5, 0.6) is 5.75 Å². The molecule has 0 spiro atoms. The van der Waals surface area contributed by atoms with Crippen LogP contribution in [0.4, 0.5) is 0 Å². The van der Waals surface area contributed by atoms with Crippen LogP contribution in [0.2, 0.25) is 0 Å². The van der Waals surface area contributed by atoms with Crippen LogP contribution < -0.4 is 0 Å². The quantitative estimate of drug-likeness (QED) is 0.841. The van der Waals surface area contributed by atoms with E-state index in [-0.39, 0.29) is 6.04 Å². The van der Waals surface area contributed by atoms with Gasteiger partial charge in [0.15, 0.2) is 0 Å². The third-order valence-corrected chi connectivity index (χ3v) is 3.16. The summed E-state index contributed by atoms with van der Waals surface area (Å²) in [5.41, 5.74) is 2.22. The Labute approximate surface area is 98.9 Å². The van der Waals surface area contributed by atoms with Crippen molar-refractivity contribution in [1.82, 2.24) is 4.90 Å². The Morgan fingerprint density at radius 3 is 2.38 bits per heavy atom. The van der Waals surface area contributed by atoms with E-state index >= 15 is 0 Å². The summed E-state index contributed by atoms with van der Waals surface area (Å²) >= 11 is 0. The molecule has 16 heavy (non-hydrogen) atoms. The fourth-order valence-electron chi connectivity index (χ4n) is 2.27. The second-order valence-corrected chi connectivity index (χ2v) is 4.66. The van der Waals surface area contributed by atoms with Crippen molar-refractivity contribution in [3.05, 3.63) is 29.3 Å². The number of aryl methyl sites for hydroxylation is 1. The van der Waals surface area contributed by atoms with Gasteiger partial charge < -0.3 is 5.11 Å².